The molecule has 1 saturated heterocycles. The maximum Gasteiger partial charge on any atom is 0.142 e. The number of ether oxygens (including phenoxy) is 1. The minimum absolute atomic E-state index is 0.0215. The van der Waals surface area contributed by atoms with Crippen molar-refractivity contribution in [3.63, 3.8) is 0 Å². The molecule has 2 nitrogen and oxygen atoms in total. The van der Waals surface area contributed by atoms with Crippen molar-refractivity contribution in [3.05, 3.63) is 34.6 Å². The summed E-state index contributed by atoms with van der Waals surface area (Å²) in [5.41, 5.74) is 0.862. The van der Waals surface area contributed by atoms with E-state index in [2.05, 4.69) is 5.32 Å². The fourth-order valence-corrected chi connectivity index (χ4v) is 1.81. The third-order valence-corrected chi connectivity index (χ3v) is 2.80. The normalized spacial score (nSPS) is 22.4. The molecule has 1 fully saturated rings. The van der Waals surface area contributed by atoms with E-state index in [0.717, 1.165) is 25.1 Å². The number of halogens is 2. The Morgan fingerprint density at radius 3 is 3.07 bits per heavy atom. The van der Waals surface area contributed by atoms with Gasteiger partial charge in [-0.3, -0.25) is 0 Å². The highest BCUT2D eigenvalue weighted by Gasteiger charge is 2.15. The molecule has 2 rings (SSSR count). The van der Waals surface area contributed by atoms with Gasteiger partial charge in [0, 0.05) is 6.54 Å². The van der Waals surface area contributed by atoms with Crippen molar-refractivity contribution in [2.75, 3.05) is 19.7 Å². The van der Waals surface area contributed by atoms with E-state index in [4.69, 9.17) is 16.3 Å². The first-order valence-corrected chi connectivity index (χ1v) is 5.42. The van der Waals surface area contributed by atoms with Crippen LogP contribution in [0, 0.1) is 5.82 Å². The lowest BCUT2D eigenvalue weighted by atomic mass is 10.1. The minimum atomic E-state index is -0.380. The zero-order valence-electron chi connectivity index (χ0n) is 8.30. The van der Waals surface area contributed by atoms with Gasteiger partial charge in [0.25, 0.3) is 0 Å². The predicted octanol–water partition coefficient (Wildman–Crippen LogP) is 2.53. The van der Waals surface area contributed by atoms with Crippen molar-refractivity contribution in [3.8, 4) is 0 Å². The Balaban J connectivity index is 2.16. The third-order valence-electron chi connectivity index (χ3n) is 2.50. The van der Waals surface area contributed by atoms with Crippen LogP contribution in [0.2, 0.25) is 5.02 Å². The lowest BCUT2D eigenvalue weighted by Gasteiger charge is -2.15. The summed E-state index contributed by atoms with van der Waals surface area (Å²) < 4.78 is 18.8. The molecule has 4 heteroatoms. The Morgan fingerprint density at radius 1 is 1.40 bits per heavy atom. The Bertz CT molecular complexity index is 337. The number of nitrogens with one attached hydrogen (secondary N) is 1. The molecule has 1 aromatic carbocycles. The van der Waals surface area contributed by atoms with Gasteiger partial charge in [0.1, 0.15) is 5.82 Å². The number of hydrogen-bond acceptors (Lipinski definition) is 2. The molecule has 0 aliphatic carbocycles. The largest absolute Gasteiger partial charge is 0.372 e. The van der Waals surface area contributed by atoms with Gasteiger partial charge in [-0.05, 0) is 30.7 Å². The highest BCUT2D eigenvalue weighted by molar-refractivity contribution is 6.30. The fraction of sp³-hybridized carbons (Fsp3) is 0.455. The van der Waals surface area contributed by atoms with Gasteiger partial charge < -0.3 is 10.1 Å². The van der Waals surface area contributed by atoms with E-state index in [9.17, 15) is 4.39 Å². The van der Waals surface area contributed by atoms with Crippen molar-refractivity contribution in [1.29, 1.82) is 0 Å². The van der Waals surface area contributed by atoms with Crippen LogP contribution in [-0.4, -0.2) is 19.7 Å². The van der Waals surface area contributed by atoms with Crippen LogP contribution in [-0.2, 0) is 4.74 Å². The van der Waals surface area contributed by atoms with E-state index in [0.29, 0.717) is 6.61 Å². The van der Waals surface area contributed by atoms with Gasteiger partial charge in [0.05, 0.1) is 17.7 Å². The average molecular weight is 230 g/mol. The summed E-state index contributed by atoms with van der Waals surface area (Å²) in [5.74, 6) is -0.380. The van der Waals surface area contributed by atoms with Gasteiger partial charge >= 0.3 is 0 Å². The van der Waals surface area contributed by atoms with Gasteiger partial charge in [0.15, 0.2) is 0 Å². The second-order valence-corrected chi connectivity index (χ2v) is 3.98. The molecule has 0 unspecified atom stereocenters. The molecule has 1 aliphatic rings. The SMILES string of the molecule is Fc1cc([C@@H]2CCNCCO2)ccc1Cl. The summed E-state index contributed by atoms with van der Waals surface area (Å²) in [4.78, 5) is 0. The van der Waals surface area contributed by atoms with Crippen LogP contribution in [0.3, 0.4) is 0 Å². The lowest BCUT2D eigenvalue weighted by molar-refractivity contribution is 0.0642. The van der Waals surface area contributed by atoms with Crippen LogP contribution in [0.4, 0.5) is 4.39 Å². The molecule has 1 aliphatic heterocycles. The molecule has 82 valence electrons. The molecule has 0 bridgehead atoms. The third kappa shape index (κ3) is 2.68. The maximum absolute atomic E-state index is 13.2. The van der Waals surface area contributed by atoms with E-state index < -0.39 is 0 Å². The first-order valence-electron chi connectivity index (χ1n) is 5.04. The zero-order valence-corrected chi connectivity index (χ0v) is 9.06. The molecular formula is C11H13ClFNO. The first-order chi connectivity index (χ1) is 7.27. The van der Waals surface area contributed by atoms with Crippen LogP contribution in [0.25, 0.3) is 0 Å². The molecule has 1 aromatic rings. The fourth-order valence-electron chi connectivity index (χ4n) is 1.69. The molecule has 0 spiro atoms. The Kier molecular flexibility index (Phi) is 3.57. The summed E-state index contributed by atoms with van der Waals surface area (Å²) in [6, 6.07) is 4.85. The molecule has 15 heavy (non-hydrogen) atoms. The number of rotatable bonds is 1. The molecule has 0 saturated carbocycles. The zero-order chi connectivity index (χ0) is 10.7. The minimum Gasteiger partial charge on any atom is -0.372 e. The van der Waals surface area contributed by atoms with Crippen LogP contribution in [0.15, 0.2) is 18.2 Å². The van der Waals surface area contributed by atoms with E-state index >= 15 is 0 Å². The van der Waals surface area contributed by atoms with Gasteiger partial charge in [0.2, 0.25) is 0 Å². The van der Waals surface area contributed by atoms with E-state index in [1.165, 1.54) is 6.07 Å². The predicted molar refractivity (Wildman–Crippen MR) is 57.6 cm³/mol. The maximum atomic E-state index is 13.2. The van der Waals surface area contributed by atoms with Crippen molar-refractivity contribution in [2.45, 2.75) is 12.5 Å². The van der Waals surface area contributed by atoms with Crippen LogP contribution in [0.5, 0.6) is 0 Å². The van der Waals surface area contributed by atoms with Crippen LogP contribution >= 0.6 is 11.6 Å². The van der Waals surface area contributed by atoms with Crippen LogP contribution < -0.4 is 5.32 Å². The Morgan fingerprint density at radius 2 is 2.27 bits per heavy atom. The van der Waals surface area contributed by atoms with Crippen molar-refractivity contribution >= 4 is 11.6 Å². The highest BCUT2D eigenvalue weighted by Crippen LogP contribution is 2.25. The summed E-state index contributed by atoms with van der Waals surface area (Å²) in [6.45, 7) is 2.41. The monoisotopic (exact) mass is 229 g/mol. The summed E-state index contributed by atoms with van der Waals surface area (Å²) >= 11 is 5.62. The van der Waals surface area contributed by atoms with E-state index in [1.54, 1.807) is 6.07 Å². The molecule has 1 N–H and O–H groups in total. The van der Waals surface area contributed by atoms with Gasteiger partial charge in [-0.2, -0.15) is 0 Å². The van der Waals surface area contributed by atoms with E-state index in [1.807, 2.05) is 6.07 Å². The molecule has 1 atom stereocenters. The van der Waals surface area contributed by atoms with Crippen molar-refractivity contribution in [1.82, 2.24) is 5.32 Å². The van der Waals surface area contributed by atoms with E-state index in [-0.39, 0.29) is 16.9 Å². The smallest absolute Gasteiger partial charge is 0.142 e. The Hall–Kier alpha value is -0.640. The molecule has 0 amide bonds. The molecule has 1 heterocycles. The summed E-state index contributed by atoms with van der Waals surface area (Å²) in [6.07, 6.45) is 0.841. The highest BCUT2D eigenvalue weighted by atomic mass is 35.5. The molecular weight excluding hydrogens is 217 g/mol. The van der Waals surface area contributed by atoms with Gasteiger partial charge in [-0.1, -0.05) is 17.7 Å². The lowest BCUT2D eigenvalue weighted by Crippen LogP contribution is -2.16. The topological polar surface area (TPSA) is 21.3 Å². The summed E-state index contributed by atoms with van der Waals surface area (Å²) in [5, 5.41) is 3.39. The quantitative estimate of drug-likeness (QED) is 0.799. The molecule has 0 aromatic heterocycles. The van der Waals surface area contributed by atoms with Gasteiger partial charge in [-0.25, -0.2) is 4.39 Å². The standard InChI is InChI=1S/C11H13ClFNO/c12-9-2-1-8(7-10(9)13)11-3-4-14-5-6-15-11/h1-2,7,11,14H,3-6H2/t11-/m0/s1. The van der Waals surface area contributed by atoms with Crippen molar-refractivity contribution in [2.24, 2.45) is 0 Å². The Labute approximate surface area is 93.4 Å². The average Bonchev–Trinajstić information content (AvgIpc) is 2.50. The van der Waals surface area contributed by atoms with Gasteiger partial charge in [-0.15, -0.1) is 0 Å². The second kappa shape index (κ2) is 4.92. The molecule has 0 radical (unpaired) electrons. The number of benzene rings is 1. The van der Waals surface area contributed by atoms with Crippen LogP contribution in [0.1, 0.15) is 18.1 Å². The summed E-state index contributed by atoms with van der Waals surface area (Å²) in [7, 11) is 0. The number of hydrogen-bond donors (Lipinski definition) is 1. The first kappa shape index (κ1) is 10.9. The second-order valence-electron chi connectivity index (χ2n) is 3.57. The van der Waals surface area contributed by atoms with Crippen molar-refractivity contribution < 1.29 is 9.13 Å².